The number of thiazole rings is 1. The van der Waals surface area contributed by atoms with Crippen molar-refractivity contribution >= 4 is 17.2 Å². The second-order valence-electron chi connectivity index (χ2n) is 6.48. The molecule has 1 aromatic heterocycles. The Kier molecular flexibility index (Phi) is 5.94. The predicted molar refractivity (Wildman–Crippen MR) is 96.8 cm³/mol. The van der Waals surface area contributed by atoms with E-state index in [1.165, 1.54) is 4.88 Å². The van der Waals surface area contributed by atoms with Crippen LogP contribution in [-0.4, -0.2) is 21.8 Å². The smallest absolute Gasteiger partial charge is 0.229 e. The lowest BCUT2D eigenvalue weighted by atomic mass is 10.1. The highest BCUT2D eigenvalue weighted by molar-refractivity contribution is 7.11. The monoisotopic (exact) mass is 330 g/mol. The summed E-state index contributed by atoms with van der Waals surface area (Å²) in [5.41, 5.74) is 2.28. The molecule has 0 saturated carbocycles. The van der Waals surface area contributed by atoms with Gasteiger partial charge in [0.2, 0.25) is 5.91 Å². The Balaban J connectivity index is 2.11. The zero-order valence-corrected chi connectivity index (χ0v) is 15.5. The van der Waals surface area contributed by atoms with Gasteiger partial charge in [-0.15, -0.1) is 11.3 Å². The third-order valence-electron chi connectivity index (χ3n) is 3.87. The Morgan fingerprint density at radius 2 is 1.83 bits per heavy atom. The Labute approximate surface area is 143 Å². The van der Waals surface area contributed by atoms with Crippen LogP contribution in [0.25, 0.3) is 0 Å². The molecule has 23 heavy (non-hydrogen) atoms. The molecule has 0 bridgehead atoms. The van der Waals surface area contributed by atoms with Gasteiger partial charge in [-0.25, -0.2) is 4.98 Å². The lowest BCUT2D eigenvalue weighted by Gasteiger charge is -2.26. The summed E-state index contributed by atoms with van der Waals surface area (Å²) in [4.78, 5) is 20.6. The summed E-state index contributed by atoms with van der Waals surface area (Å²) < 4.78 is 0. The fraction of sp³-hybridized carbons (Fsp3) is 0.474. The molecular weight excluding hydrogens is 304 g/mol. The quantitative estimate of drug-likeness (QED) is 0.778. The predicted octanol–water partition coefficient (Wildman–Crippen LogP) is 4.55. The standard InChI is InChI=1S/C19H26N2OS/c1-13(2)19-15(5)23-17(20-19)11-18(22)21(14(3)4)12-16-9-7-6-8-10-16/h6-10,13-14H,11-12H2,1-5H3. The number of hydrogen-bond acceptors (Lipinski definition) is 3. The molecule has 0 atom stereocenters. The number of rotatable bonds is 6. The van der Waals surface area contributed by atoms with Crippen LogP contribution >= 0.6 is 11.3 Å². The molecule has 3 nitrogen and oxygen atoms in total. The van der Waals surface area contributed by atoms with Crippen molar-refractivity contribution in [3.8, 4) is 0 Å². The third-order valence-corrected chi connectivity index (χ3v) is 4.85. The van der Waals surface area contributed by atoms with Crippen LogP contribution in [0.5, 0.6) is 0 Å². The summed E-state index contributed by atoms with van der Waals surface area (Å²) in [5, 5.41) is 0.926. The first kappa shape index (κ1) is 17.7. The number of carbonyl (C=O) groups excluding carboxylic acids is 1. The fourth-order valence-corrected chi connectivity index (χ4v) is 3.72. The molecule has 0 aliphatic carbocycles. The molecule has 1 heterocycles. The van der Waals surface area contributed by atoms with Gasteiger partial charge in [0.1, 0.15) is 5.01 Å². The molecule has 0 radical (unpaired) electrons. The van der Waals surface area contributed by atoms with Crippen molar-refractivity contribution in [1.82, 2.24) is 9.88 Å². The zero-order chi connectivity index (χ0) is 17.0. The Morgan fingerprint density at radius 3 is 2.35 bits per heavy atom. The number of nitrogens with zero attached hydrogens (tertiary/aromatic N) is 2. The highest BCUT2D eigenvalue weighted by Crippen LogP contribution is 2.25. The number of amides is 1. The second-order valence-corrected chi connectivity index (χ2v) is 7.77. The average molecular weight is 330 g/mol. The molecule has 2 rings (SSSR count). The topological polar surface area (TPSA) is 33.2 Å². The molecule has 2 aromatic rings. The highest BCUT2D eigenvalue weighted by atomic mass is 32.1. The van der Waals surface area contributed by atoms with Crippen molar-refractivity contribution < 1.29 is 4.79 Å². The molecule has 0 unspecified atom stereocenters. The lowest BCUT2D eigenvalue weighted by Crippen LogP contribution is -2.37. The third kappa shape index (κ3) is 4.64. The van der Waals surface area contributed by atoms with E-state index in [9.17, 15) is 4.79 Å². The number of hydrogen-bond donors (Lipinski definition) is 0. The second kappa shape index (κ2) is 7.73. The minimum absolute atomic E-state index is 0.146. The summed E-state index contributed by atoms with van der Waals surface area (Å²) in [5.74, 6) is 0.550. The van der Waals surface area contributed by atoms with Gasteiger partial charge in [-0.3, -0.25) is 4.79 Å². The number of benzene rings is 1. The van der Waals surface area contributed by atoms with Gasteiger partial charge < -0.3 is 4.90 Å². The molecule has 0 spiro atoms. The van der Waals surface area contributed by atoms with Crippen molar-refractivity contribution in [2.45, 2.75) is 59.5 Å². The van der Waals surface area contributed by atoms with E-state index in [0.29, 0.717) is 18.9 Å². The van der Waals surface area contributed by atoms with Gasteiger partial charge in [0.25, 0.3) is 0 Å². The van der Waals surface area contributed by atoms with Crippen molar-refractivity contribution in [1.29, 1.82) is 0 Å². The molecule has 4 heteroatoms. The number of carbonyl (C=O) groups is 1. The van der Waals surface area contributed by atoms with Crippen LogP contribution in [0, 0.1) is 6.92 Å². The summed E-state index contributed by atoms with van der Waals surface area (Å²) in [6, 6.07) is 10.3. The molecule has 0 fully saturated rings. The fourth-order valence-electron chi connectivity index (χ4n) is 2.65. The average Bonchev–Trinajstić information content (AvgIpc) is 2.86. The molecule has 0 saturated heterocycles. The van der Waals surface area contributed by atoms with E-state index in [1.54, 1.807) is 11.3 Å². The summed E-state index contributed by atoms with van der Waals surface area (Å²) in [7, 11) is 0. The van der Waals surface area contributed by atoms with Crippen molar-refractivity contribution in [3.05, 3.63) is 51.5 Å². The van der Waals surface area contributed by atoms with Gasteiger partial charge in [-0.1, -0.05) is 44.2 Å². The van der Waals surface area contributed by atoms with E-state index in [-0.39, 0.29) is 11.9 Å². The summed E-state index contributed by atoms with van der Waals surface area (Å²) >= 11 is 1.65. The Hall–Kier alpha value is -1.68. The van der Waals surface area contributed by atoms with Crippen molar-refractivity contribution in [2.24, 2.45) is 0 Å². The molecule has 0 aliphatic rings. The van der Waals surface area contributed by atoms with Gasteiger partial charge >= 0.3 is 0 Å². The van der Waals surface area contributed by atoms with Gasteiger partial charge in [0, 0.05) is 17.5 Å². The highest BCUT2D eigenvalue weighted by Gasteiger charge is 2.20. The summed E-state index contributed by atoms with van der Waals surface area (Å²) in [6.07, 6.45) is 0.392. The SMILES string of the molecule is Cc1sc(CC(=O)N(Cc2ccccc2)C(C)C)nc1C(C)C. The van der Waals surface area contributed by atoms with E-state index in [4.69, 9.17) is 0 Å². The molecule has 1 amide bonds. The van der Waals surface area contributed by atoms with Gasteiger partial charge in [-0.05, 0) is 32.3 Å². The van der Waals surface area contributed by atoms with Crippen LogP contribution in [-0.2, 0) is 17.8 Å². The van der Waals surface area contributed by atoms with E-state index < -0.39 is 0 Å². The minimum Gasteiger partial charge on any atom is -0.336 e. The van der Waals surface area contributed by atoms with E-state index >= 15 is 0 Å². The van der Waals surface area contributed by atoms with Crippen LogP contribution in [0.1, 0.15) is 54.8 Å². The van der Waals surface area contributed by atoms with E-state index in [0.717, 1.165) is 16.3 Å². The maximum Gasteiger partial charge on any atom is 0.229 e. The first-order valence-electron chi connectivity index (χ1n) is 8.18. The first-order chi connectivity index (χ1) is 10.9. The Morgan fingerprint density at radius 1 is 1.17 bits per heavy atom. The molecule has 1 aromatic carbocycles. The van der Waals surface area contributed by atoms with Crippen LogP contribution in [0.2, 0.25) is 0 Å². The summed E-state index contributed by atoms with van der Waals surface area (Å²) in [6.45, 7) is 11.2. The van der Waals surface area contributed by atoms with Crippen LogP contribution in [0.15, 0.2) is 30.3 Å². The van der Waals surface area contributed by atoms with Crippen molar-refractivity contribution in [2.75, 3.05) is 0 Å². The zero-order valence-electron chi connectivity index (χ0n) is 14.7. The van der Waals surface area contributed by atoms with Crippen LogP contribution in [0.4, 0.5) is 0 Å². The maximum atomic E-state index is 12.7. The van der Waals surface area contributed by atoms with Gasteiger partial charge in [0.15, 0.2) is 0 Å². The normalized spacial score (nSPS) is 11.3. The maximum absolute atomic E-state index is 12.7. The number of aryl methyl sites for hydroxylation is 1. The van der Waals surface area contributed by atoms with Crippen LogP contribution in [0.3, 0.4) is 0 Å². The lowest BCUT2D eigenvalue weighted by molar-refractivity contribution is -0.132. The number of aromatic nitrogens is 1. The first-order valence-corrected chi connectivity index (χ1v) is 8.99. The van der Waals surface area contributed by atoms with E-state index in [1.807, 2.05) is 23.1 Å². The molecule has 0 N–H and O–H groups in total. The molecule has 124 valence electrons. The van der Waals surface area contributed by atoms with Gasteiger partial charge in [0.05, 0.1) is 12.1 Å². The molecule has 0 aliphatic heterocycles. The van der Waals surface area contributed by atoms with Crippen LogP contribution < -0.4 is 0 Å². The van der Waals surface area contributed by atoms with Crippen molar-refractivity contribution in [3.63, 3.8) is 0 Å². The minimum atomic E-state index is 0.146. The van der Waals surface area contributed by atoms with Gasteiger partial charge in [-0.2, -0.15) is 0 Å². The molecular formula is C19H26N2OS. The Bertz CT molecular complexity index is 647. The van der Waals surface area contributed by atoms with E-state index in [2.05, 4.69) is 51.7 Å². The largest absolute Gasteiger partial charge is 0.336 e.